The monoisotopic (exact) mass is 291 g/mol. The highest BCUT2D eigenvalue weighted by Crippen LogP contribution is 2.28. The number of nitrogens with one attached hydrogen (secondary N) is 1. The molecule has 0 saturated heterocycles. The predicted molar refractivity (Wildman–Crippen MR) is 82.6 cm³/mol. The average Bonchev–Trinajstić information content (AvgIpc) is 2.46. The molecule has 2 aromatic rings. The lowest BCUT2D eigenvalue weighted by atomic mass is 9.97. The van der Waals surface area contributed by atoms with Gasteiger partial charge in [-0.15, -0.1) is 0 Å². The van der Waals surface area contributed by atoms with Crippen LogP contribution in [0.25, 0.3) is 0 Å². The zero-order valence-electron chi connectivity index (χ0n) is 11.3. The molecule has 2 aromatic carbocycles. The van der Waals surface area contributed by atoms with Gasteiger partial charge >= 0.3 is 0 Å². The molecule has 20 heavy (non-hydrogen) atoms. The summed E-state index contributed by atoms with van der Waals surface area (Å²) in [5.74, 6) is 6.51. The van der Waals surface area contributed by atoms with Crippen LogP contribution in [0.5, 0.6) is 5.75 Å². The normalized spacial score (nSPS) is 12.2. The number of hydrazine groups is 1. The molecule has 0 aliphatic carbocycles. The zero-order chi connectivity index (χ0) is 14.5. The smallest absolute Gasteiger partial charge is 0.122 e. The quantitative estimate of drug-likeness (QED) is 0.450. The Hall–Kier alpha value is -1.75. The van der Waals surface area contributed by atoms with Gasteiger partial charge in [-0.05, 0) is 35.7 Å². The summed E-state index contributed by atoms with van der Waals surface area (Å²) in [5.41, 5.74) is 11.4. The van der Waals surface area contributed by atoms with Gasteiger partial charge in [-0.25, -0.2) is 0 Å². The number of rotatable bonds is 5. The molecule has 106 valence electrons. The largest absolute Gasteiger partial charge is 0.496 e. The van der Waals surface area contributed by atoms with E-state index in [0.29, 0.717) is 17.1 Å². The van der Waals surface area contributed by atoms with Crippen molar-refractivity contribution in [1.29, 1.82) is 0 Å². The van der Waals surface area contributed by atoms with Crippen LogP contribution in [0.1, 0.15) is 17.2 Å². The fourth-order valence-electron chi connectivity index (χ4n) is 2.21. The Morgan fingerprint density at radius 2 is 2.00 bits per heavy atom. The first-order valence-electron chi connectivity index (χ1n) is 6.28. The fraction of sp³-hybridized carbons (Fsp3) is 0.200. The maximum atomic E-state index is 6.01. The number of halogens is 1. The summed E-state index contributed by atoms with van der Waals surface area (Å²) in [4.78, 5) is 0. The Balaban J connectivity index is 2.29. The molecule has 2 rings (SSSR count). The zero-order valence-corrected chi connectivity index (χ0v) is 12.0. The van der Waals surface area contributed by atoms with E-state index in [2.05, 4.69) is 5.43 Å². The average molecular weight is 292 g/mol. The second kappa shape index (κ2) is 6.61. The van der Waals surface area contributed by atoms with Crippen LogP contribution in [0.4, 0.5) is 5.69 Å². The molecular formula is C15H18ClN3O. The molecule has 0 saturated carbocycles. The van der Waals surface area contributed by atoms with Gasteiger partial charge in [0.05, 0.1) is 13.2 Å². The van der Waals surface area contributed by atoms with Crippen LogP contribution >= 0.6 is 11.6 Å². The first-order valence-corrected chi connectivity index (χ1v) is 6.66. The Kier molecular flexibility index (Phi) is 4.84. The molecule has 0 fully saturated rings. The van der Waals surface area contributed by atoms with Gasteiger partial charge in [-0.1, -0.05) is 35.9 Å². The second-order valence-electron chi connectivity index (χ2n) is 4.51. The minimum Gasteiger partial charge on any atom is -0.496 e. The van der Waals surface area contributed by atoms with E-state index in [1.807, 2.05) is 30.3 Å². The molecule has 1 unspecified atom stereocenters. The van der Waals surface area contributed by atoms with Crippen LogP contribution in [0.15, 0.2) is 42.5 Å². The summed E-state index contributed by atoms with van der Waals surface area (Å²) < 4.78 is 5.35. The van der Waals surface area contributed by atoms with E-state index >= 15 is 0 Å². The summed E-state index contributed by atoms with van der Waals surface area (Å²) in [7, 11) is 1.65. The van der Waals surface area contributed by atoms with E-state index in [-0.39, 0.29) is 6.04 Å². The fourth-order valence-corrected chi connectivity index (χ4v) is 2.39. The molecule has 0 amide bonds. The third kappa shape index (κ3) is 3.22. The molecule has 0 heterocycles. The molecule has 0 aliphatic rings. The van der Waals surface area contributed by atoms with E-state index in [1.54, 1.807) is 19.2 Å². The van der Waals surface area contributed by atoms with Crippen molar-refractivity contribution in [3.05, 3.63) is 58.6 Å². The molecule has 1 atom stereocenters. The van der Waals surface area contributed by atoms with Crippen LogP contribution in [0.3, 0.4) is 0 Å². The number of anilines is 1. The molecule has 0 radical (unpaired) electrons. The molecule has 5 N–H and O–H groups in total. The summed E-state index contributed by atoms with van der Waals surface area (Å²) >= 11 is 5.92. The number of hydrogen-bond donors (Lipinski definition) is 3. The lowest BCUT2D eigenvalue weighted by Gasteiger charge is -2.19. The lowest BCUT2D eigenvalue weighted by molar-refractivity contribution is 0.405. The van der Waals surface area contributed by atoms with Crippen molar-refractivity contribution < 1.29 is 4.74 Å². The highest BCUT2D eigenvalue weighted by atomic mass is 35.5. The Bertz CT molecular complexity index is 589. The van der Waals surface area contributed by atoms with E-state index in [1.165, 1.54) is 0 Å². The molecule has 4 nitrogen and oxygen atoms in total. The van der Waals surface area contributed by atoms with Gasteiger partial charge < -0.3 is 10.5 Å². The van der Waals surface area contributed by atoms with Crippen molar-refractivity contribution in [2.45, 2.75) is 12.5 Å². The number of para-hydroxylation sites is 1. The SMILES string of the molecule is COc1ccccc1CC(NN)c1ccc(Cl)cc1N. The van der Waals surface area contributed by atoms with Crippen LogP contribution < -0.4 is 21.7 Å². The van der Waals surface area contributed by atoms with Crippen LogP contribution in [0, 0.1) is 0 Å². The van der Waals surface area contributed by atoms with E-state index < -0.39 is 0 Å². The van der Waals surface area contributed by atoms with Gasteiger partial charge in [-0.2, -0.15) is 0 Å². The van der Waals surface area contributed by atoms with Crippen molar-refractivity contribution >= 4 is 17.3 Å². The Labute approximate surface area is 123 Å². The van der Waals surface area contributed by atoms with Gasteiger partial charge in [0.25, 0.3) is 0 Å². The number of methoxy groups -OCH3 is 1. The van der Waals surface area contributed by atoms with Crippen molar-refractivity contribution in [2.24, 2.45) is 5.84 Å². The predicted octanol–water partition coefficient (Wildman–Crippen LogP) is 2.68. The first kappa shape index (κ1) is 14.7. The number of nitrogen functional groups attached to an aromatic ring is 1. The summed E-state index contributed by atoms with van der Waals surface area (Å²) in [5, 5.41) is 0.610. The van der Waals surface area contributed by atoms with Gasteiger partial charge in [0.2, 0.25) is 0 Å². The highest BCUT2D eigenvalue weighted by molar-refractivity contribution is 6.30. The van der Waals surface area contributed by atoms with Crippen LogP contribution in [-0.2, 0) is 6.42 Å². The van der Waals surface area contributed by atoms with Crippen molar-refractivity contribution in [3.8, 4) is 5.75 Å². The van der Waals surface area contributed by atoms with E-state index in [9.17, 15) is 0 Å². The topological polar surface area (TPSA) is 73.3 Å². The number of nitrogens with two attached hydrogens (primary N) is 2. The number of ether oxygens (including phenoxy) is 1. The summed E-state index contributed by atoms with van der Waals surface area (Å²) in [6.45, 7) is 0. The van der Waals surface area contributed by atoms with Crippen molar-refractivity contribution in [3.63, 3.8) is 0 Å². The lowest BCUT2D eigenvalue weighted by Crippen LogP contribution is -2.30. The van der Waals surface area contributed by atoms with Crippen LogP contribution in [-0.4, -0.2) is 7.11 Å². The molecular weight excluding hydrogens is 274 g/mol. The molecule has 0 aliphatic heterocycles. The molecule has 0 spiro atoms. The Morgan fingerprint density at radius 1 is 1.25 bits per heavy atom. The Morgan fingerprint density at radius 3 is 2.65 bits per heavy atom. The summed E-state index contributed by atoms with van der Waals surface area (Å²) in [6, 6.07) is 13.1. The number of hydrogen-bond acceptors (Lipinski definition) is 4. The van der Waals surface area contributed by atoms with E-state index in [4.69, 9.17) is 27.9 Å². The van der Waals surface area contributed by atoms with Gasteiger partial charge in [0, 0.05) is 10.7 Å². The number of benzene rings is 2. The van der Waals surface area contributed by atoms with Gasteiger partial charge in [0.1, 0.15) is 5.75 Å². The second-order valence-corrected chi connectivity index (χ2v) is 4.94. The van der Waals surface area contributed by atoms with Crippen LogP contribution in [0.2, 0.25) is 5.02 Å². The minimum absolute atomic E-state index is 0.108. The molecule has 0 bridgehead atoms. The maximum Gasteiger partial charge on any atom is 0.122 e. The van der Waals surface area contributed by atoms with Gasteiger partial charge in [-0.3, -0.25) is 11.3 Å². The van der Waals surface area contributed by atoms with Crippen molar-refractivity contribution in [2.75, 3.05) is 12.8 Å². The summed E-state index contributed by atoms with van der Waals surface area (Å²) in [6.07, 6.45) is 0.673. The minimum atomic E-state index is -0.108. The van der Waals surface area contributed by atoms with Crippen molar-refractivity contribution in [1.82, 2.24) is 5.43 Å². The van der Waals surface area contributed by atoms with E-state index in [0.717, 1.165) is 16.9 Å². The maximum absolute atomic E-state index is 6.01. The first-order chi connectivity index (χ1) is 9.65. The third-order valence-electron chi connectivity index (χ3n) is 3.24. The standard InChI is InChI=1S/C15H18ClN3O/c1-20-15-5-3-2-4-10(15)8-14(19-18)12-7-6-11(16)9-13(12)17/h2-7,9,14,19H,8,17-18H2,1H3. The van der Waals surface area contributed by atoms with Gasteiger partial charge in [0.15, 0.2) is 0 Å². The molecule has 5 heteroatoms. The highest BCUT2D eigenvalue weighted by Gasteiger charge is 2.15. The molecule has 0 aromatic heterocycles. The third-order valence-corrected chi connectivity index (χ3v) is 3.48.